The topological polar surface area (TPSA) is 92.4 Å². The molecule has 0 fully saturated rings. The van der Waals surface area contributed by atoms with E-state index in [1.54, 1.807) is 0 Å². The lowest BCUT2D eigenvalue weighted by molar-refractivity contribution is -0.141. The maximum atomic E-state index is 11.6. The van der Waals surface area contributed by atoms with E-state index in [4.69, 9.17) is 17.3 Å². The fourth-order valence-corrected chi connectivity index (χ4v) is 1.67. The van der Waals surface area contributed by atoms with Crippen LogP contribution in [0.2, 0.25) is 0 Å². The molecule has 0 heterocycles. The van der Waals surface area contributed by atoms with Crippen molar-refractivity contribution in [3.05, 3.63) is 0 Å². The summed E-state index contributed by atoms with van der Waals surface area (Å²) in [6, 6.07) is -1.32. The van der Waals surface area contributed by atoms with Crippen molar-refractivity contribution in [1.82, 2.24) is 5.32 Å². The van der Waals surface area contributed by atoms with Gasteiger partial charge in [-0.2, -0.15) is 0 Å². The molecule has 5 nitrogen and oxygen atoms in total. The van der Waals surface area contributed by atoms with E-state index in [1.807, 2.05) is 20.8 Å². The van der Waals surface area contributed by atoms with Crippen LogP contribution in [0.15, 0.2) is 0 Å². The molecule has 0 aliphatic rings. The summed E-state index contributed by atoms with van der Waals surface area (Å²) in [7, 11) is 0. The molecule has 0 aliphatic heterocycles. The summed E-state index contributed by atoms with van der Waals surface area (Å²) in [5, 5.41) is 11.2. The second kappa shape index (κ2) is 7.02. The molecule has 0 bridgehead atoms. The Kier molecular flexibility index (Phi) is 6.42. The SMILES string of the molecule is C#CCC(NC(=O)CC(N)CC(C)(C)C)C(=O)O. The van der Waals surface area contributed by atoms with E-state index < -0.39 is 12.0 Å². The van der Waals surface area contributed by atoms with Crippen LogP contribution in [0.3, 0.4) is 0 Å². The van der Waals surface area contributed by atoms with Crippen LogP contribution in [0.1, 0.15) is 40.0 Å². The van der Waals surface area contributed by atoms with Gasteiger partial charge in [-0.3, -0.25) is 4.79 Å². The van der Waals surface area contributed by atoms with Gasteiger partial charge in [0.05, 0.1) is 0 Å². The van der Waals surface area contributed by atoms with Crippen molar-refractivity contribution in [2.75, 3.05) is 0 Å². The first-order valence-corrected chi connectivity index (χ1v) is 5.87. The Bertz CT molecular complexity index is 339. The molecule has 5 heteroatoms. The van der Waals surface area contributed by atoms with Gasteiger partial charge in [-0.25, -0.2) is 4.79 Å². The second-order valence-corrected chi connectivity index (χ2v) is 5.60. The fraction of sp³-hybridized carbons (Fsp3) is 0.692. The summed E-state index contributed by atoms with van der Waals surface area (Å²) in [5.74, 6) is 0.705. The quantitative estimate of drug-likeness (QED) is 0.609. The Hall–Kier alpha value is -1.54. The molecule has 2 unspecified atom stereocenters. The highest BCUT2D eigenvalue weighted by Crippen LogP contribution is 2.20. The van der Waals surface area contributed by atoms with Crippen molar-refractivity contribution in [3.8, 4) is 12.3 Å². The Morgan fingerprint density at radius 1 is 1.44 bits per heavy atom. The monoisotopic (exact) mass is 254 g/mol. The fourth-order valence-electron chi connectivity index (χ4n) is 1.67. The van der Waals surface area contributed by atoms with Crippen LogP contribution in [0.25, 0.3) is 0 Å². The van der Waals surface area contributed by atoms with Crippen LogP contribution in [0.5, 0.6) is 0 Å². The van der Waals surface area contributed by atoms with Gasteiger partial charge >= 0.3 is 5.97 Å². The lowest BCUT2D eigenvalue weighted by Gasteiger charge is -2.23. The average molecular weight is 254 g/mol. The summed E-state index contributed by atoms with van der Waals surface area (Å²) in [6.45, 7) is 6.09. The highest BCUT2D eigenvalue weighted by molar-refractivity contribution is 5.84. The van der Waals surface area contributed by atoms with Gasteiger partial charge in [0.15, 0.2) is 0 Å². The first-order chi connectivity index (χ1) is 8.15. The first kappa shape index (κ1) is 16.5. The van der Waals surface area contributed by atoms with Gasteiger partial charge in [0.25, 0.3) is 0 Å². The molecule has 18 heavy (non-hydrogen) atoms. The Balaban J connectivity index is 4.25. The number of aliphatic carboxylic acids is 1. The Morgan fingerprint density at radius 2 is 2.00 bits per heavy atom. The van der Waals surface area contributed by atoms with Crippen LogP contribution in [-0.2, 0) is 9.59 Å². The molecule has 4 N–H and O–H groups in total. The van der Waals surface area contributed by atoms with E-state index in [2.05, 4.69) is 11.2 Å². The molecule has 0 radical (unpaired) electrons. The number of nitrogens with one attached hydrogen (secondary N) is 1. The number of carboxylic acids is 1. The molecule has 0 spiro atoms. The number of carbonyl (C=O) groups is 2. The first-order valence-electron chi connectivity index (χ1n) is 5.87. The minimum atomic E-state index is -1.13. The predicted octanol–water partition coefficient (Wildman–Crippen LogP) is 0.733. The zero-order valence-corrected chi connectivity index (χ0v) is 11.2. The number of hydrogen-bond acceptors (Lipinski definition) is 3. The smallest absolute Gasteiger partial charge is 0.327 e. The molecule has 0 saturated heterocycles. The van der Waals surface area contributed by atoms with Crippen LogP contribution >= 0.6 is 0 Å². The van der Waals surface area contributed by atoms with Crippen molar-refractivity contribution < 1.29 is 14.7 Å². The zero-order chi connectivity index (χ0) is 14.3. The number of amides is 1. The van der Waals surface area contributed by atoms with E-state index in [0.29, 0.717) is 6.42 Å². The third-order valence-electron chi connectivity index (χ3n) is 2.28. The van der Waals surface area contributed by atoms with Gasteiger partial charge in [-0.1, -0.05) is 20.8 Å². The Morgan fingerprint density at radius 3 is 2.39 bits per heavy atom. The average Bonchev–Trinajstić information content (AvgIpc) is 2.13. The molecule has 0 rings (SSSR count). The van der Waals surface area contributed by atoms with Gasteiger partial charge in [0, 0.05) is 18.9 Å². The van der Waals surface area contributed by atoms with Crippen molar-refractivity contribution >= 4 is 11.9 Å². The number of carbonyl (C=O) groups excluding carboxylic acids is 1. The van der Waals surface area contributed by atoms with Crippen molar-refractivity contribution in [2.24, 2.45) is 11.1 Å². The van der Waals surface area contributed by atoms with E-state index in [-0.39, 0.29) is 30.2 Å². The summed E-state index contributed by atoms with van der Waals surface area (Å²) in [6.07, 6.45) is 5.80. The summed E-state index contributed by atoms with van der Waals surface area (Å²) in [4.78, 5) is 22.4. The van der Waals surface area contributed by atoms with Crippen LogP contribution in [0, 0.1) is 17.8 Å². The number of terminal acetylenes is 1. The zero-order valence-electron chi connectivity index (χ0n) is 11.2. The Labute approximate surface area is 108 Å². The number of nitrogens with two attached hydrogens (primary N) is 1. The van der Waals surface area contributed by atoms with Gasteiger partial charge in [-0.05, 0) is 11.8 Å². The molecule has 2 atom stereocenters. The van der Waals surface area contributed by atoms with Gasteiger partial charge in [0.1, 0.15) is 6.04 Å². The van der Waals surface area contributed by atoms with E-state index >= 15 is 0 Å². The molecular formula is C13H22N2O3. The molecule has 0 saturated carbocycles. The molecule has 0 aromatic rings. The standard InChI is InChI=1S/C13H22N2O3/c1-5-6-10(12(17)18)15-11(16)7-9(14)8-13(2,3)4/h1,9-10H,6-8,14H2,2-4H3,(H,15,16)(H,17,18). The molecular weight excluding hydrogens is 232 g/mol. The lowest BCUT2D eigenvalue weighted by atomic mass is 9.87. The minimum absolute atomic E-state index is 0.0322. The summed E-state index contributed by atoms with van der Waals surface area (Å²) >= 11 is 0. The van der Waals surface area contributed by atoms with Gasteiger partial charge in [-0.15, -0.1) is 12.3 Å². The number of hydrogen-bond donors (Lipinski definition) is 3. The largest absolute Gasteiger partial charge is 0.480 e. The van der Waals surface area contributed by atoms with Crippen LogP contribution < -0.4 is 11.1 Å². The predicted molar refractivity (Wildman–Crippen MR) is 69.7 cm³/mol. The third kappa shape index (κ3) is 7.69. The molecule has 102 valence electrons. The summed E-state index contributed by atoms with van der Waals surface area (Å²) < 4.78 is 0. The normalized spacial score (nSPS) is 14.4. The van der Waals surface area contributed by atoms with Gasteiger partial charge in [0.2, 0.25) is 5.91 Å². The van der Waals surface area contributed by atoms with E-state index in [9.17, 15) is 9.59 Å². The molecule has 1 amide bonds. The summed E-state index contributed by atoms with van der Waals surface area (Å²) in [5.41, 5.74) is 5.87. The maximum absolute atomic E-state index is 11.6. The molecule has 0 aromatic carbocycles. The highest BCUT2D eigenvalue weighted by atomic mass is 16.4. The van der Waals surface area contributed by atoms with Crippen molar-refractivity contribution in [1.29, 1.82) is 0 Å². The van der Waals surface area contributed by atoms with Gasteiger partial charge < -0.3 is 16.2 Å². The second-order valence-electron chi connectivity index (χ2n) is 5.60. The van der Waals surface area contributed by atoms with Crippen LogP contribution in [0.4, 0.5) is 0 Å². The maximum Gasteiger partial charge on any atom is 0.327 e. The lowest BCUT2D eigenvalue weighted by Crippen LogP contribution is -2.43. The number of carboxylic acid groups (broad SMARTS) is 1. The molecule has 0 aromatic heterocycles. The highest BCUT2D eigenvalue weighted by Gasteiger charge is 2.22. The number of rotatable bonds is 6. The molecule has 0 aliphatic carbocycles. The third-order valence-corrected chi connectivity index (χ3v) is 2.28. The van der Waals surface area contributed by atoms with Crippen LogP contribution in [-0.4, -0.2) is 29.1 Å². The van der Waals surface area contributed by atoms with E-state index in [1.165, 1.54) is 0 Å². The minimum Gasteiger partial charge on any atom is -0.480 e. The van der Waals surface area contributed by atoms with Crippen molar-refractivity contribution in [3.63, 3.8) is 0 Å². The van der Waals surface area contributed by atoms with E-state index in [0.717, 1.165) is 0 Å². The van der Waals surface area contributed by atoms with Crippen molar-refractivity contribution in [2.45, 2.75) is 52.1 Å².